The van der Waals surface area contributed by atoms with Crippen LogP contribution in [0.2, 0.25) is 0 Å². The Kier molecular flexibility index (Phi) is 8.99. The summed E-state index contributed by atoms with van der Waals surface area (Å²) >= 11 is 0. The lowest BCUT2D eigenvalue weighted by Gasteiger charge is -2.38. The molecule has 2 aliphatic rings. The molecule has 2 aliphatic heterocycles. The van der Waals surface area contributed by atoms with Gasteiger partial charge in [-0.1, -0.05) is 72.8 Å². The van der Waals surface area contributed by atoms with Crippen molar-refractivity contribution in [2.45, 2.75) is 24.5 Å². The number of anilines is 1. The predicted molar refractivity (Wildman–Crippen MR) is 145 cm³/mol. The average Bonchev–Trinajstić information content (AvgIpc) is 3.39. The van der Waals surface area contributed by atoms with E-state index < -0.39 is 11.9 Å². The first-order valence-corrected chi connectivity index (χ1v) is 12.8. The van der Waals surface area contributed by atoms with E-state index in [-0.39, 0.29) is 11.7 Å². The molecular weight excluding hydrogens is 484 g/mol. The first kappa shape index (κ1) is 27.2. The van der Waals surface area contributed by atoms with E-state index in [4.69, 9.17) is 29.3 Å². The summed E-state index contributed by atoms with van der Waals surface area (Å²) in [6.45, 7) is 5.09. The molecule has 0 amide bonds. The second-order valence-electron chi connectivity index (χ2n) is 9.41. The van der Waals surface area contributed by atoms with Crippen molar-refractivity contribution in [2.75, 3.05) is 44.7 Å². The lowest BCUT2D eigenvalue weighted by Crippen LogP contribution is -2.48. The van der Waals surface area contributed by atoms with Crippen LogP contribution in [0.15, 0.2) is 84.9 Å². The Morgan fingerprint density at radius 3 is 1.89 bits per heavy atom. The first-order valence-electron chi connectivity index (χ1n) is 12.8. The number of carboxylic acids is 2. The lowest BCUT2D eigenvalue weighted by molar-refractivity contribution is -0.159. The molecule has 38 heavy (non-hydrogen) atoms. The first-order chi connectivity index (χ1) is 18.4. The third-order valence-corrected chi connectivity index (χ3v) is 7.11. The van der Waals surface area contributed by atoms with Gasteiger partial charge < -0.3 is 24.6 Å². The molecule has 0 spiro atoms. The molecule has 8 nitrogen and oxygen atoms in total. The maximum atomic E-state index is 9.10. The number of hydrogen-bond acceptors (Lipinski definition) is 6. The second-order valence-corrected chi connectivity index (χ2v) is 9.41. The van der Waals surface area contributed by atoms with Gasteiger partial charge in [0.25, 0.3) is 0 Å². The zero-order chi connectivity index (χ0) is 27.0. The quantitative estimate of drug-likeness (QED) is 0.471. The van der Waals surface area contributed by atoms with Gasteiger partial charge in [-0.05, 0) is 36.1 Å². The van der Waals surface area contributed by atoms with E-state index >= 15 is 0 Å². The molecule has 8 heteroatoms. The van der Waals surface area contributed by atoms with Crippen molar-refractivity contribution < 1.29 is 29.3 Å². The largest absolute Gasteiger partial charge is 0.495 e. The third-order valence-electron chi connectivity index (χ3n) is 7.11. The molecule has 2 fully saturated rings. The van der Waals surface area contributed by atoms with Gasteiger partial charge in [0.2, 0.25) is 0 Å². The summed E-state index contributed by atoms with van der Waals surface area (Å²) in [4.78, 5) is 23.2. The van der Waals surface area contributed by atoms with Crippen LogP contribution in [0.4, 0.5) is 5.69 Å². The molecule has 0 aliphatic carbocycles. The Morgan fingerprint density at radius 2 is 1.37 bits per heavy atom. The average molecular weight is 519 g/mol. The Bertz CT molecular complexity index is 1140. The van der Waals surface area contributed by atoms with E-state index in [2.05, 4.69) is 82.6 Å². The fraction of sp³-hybridized carbons (Fsp3) is 0.333. The molecule has 3 aromatic rings. The van der Waals surface area contributed by atoms with Crippen LogP contribution in [0.3, 0.4) is 0 Å². The standard InChI is InChI=1S/C28H32N2O2.C2H2O4/c1-31-27-15-9-8-14-26(27)30-20-18-29(19-21-30)22-25-16-17-28(32-25,23-10-4-2-5-11-23)24-12-6-3-7-13-24;3-1(4)2(5)6/h2-15,25H,16-22H2,1H3;(H,3,4)(H,5,6). The van der Waals surface area contributed by atoms with Crippen LogP contribution in [0.5, 0.6) is 5.75 Å². The van der Waals surface area contributed by atoms with Crippen LogP contribution >= 0.6 is 0 Å². The van der Waals surface area contributed by atoms with Crippen LogP contribution in [0, 0.1) is 0 Å². The molecule has 200 valence electrons. The van der Waals surface area contributed by atoms with Crippen LogP contribution in [0.25, 0.3) is 0 Å². The van der Waals surface area contributed by atoms with E-state index in [9.17, 15) is 0 Å². The van der Waals surface area contributed by atoms with Gasteiger partial charge in [0, 0.05) is 32.7 Å². The number of benzene rings is 3. The van der Waals surface area contributed by atoms with Crippen molar-refractivity contribution in [3.8, 4) is 5.75 Å². The van der Waals surface area contributed by atoms with Gasteiger partial charge in [0.15, 0.2) is 0 Å². The van der Waals surface area contributed by atoms with Crippen molar-refractivity contribution in [1.82, 2.24) is 4.90 Å². The molecule has 2 saturated heterocycles. The number of aliphatic carboxylic acids is 2. The van der Waals surface area contributed by atoms with E-state index in [0.717, 1.165) is 51.3 Å². The van der Waals surface area contributed by atoms with Gasteiger partial charge in [-0.2, -0.15) is 0 Å². The summed E-state index contributed by atoms with van der Waals surface area (Å²) in [5.74, 6) is -2.69. The van der Waals surface area contributed by atoms with Gasteiger partial charge >= 0.3 is 11.9 Å². The van der Waals surface area contributed by atoms with Crippen molar-refractivity contribution in [2.24, 2.45) is 0 Å². The summed E-state index contributed by atoms with van der Waals surface area (Å²) in [6, 6.07) is 29.8. The fourth-order valence-corrected chi connectivity index (χ4v) is 5.25. The molecule has 0 radical (unpaired) electrons. The minimum atomic E-state index is -1.82. The number of carbonyl (C=O) groups is 2. The van der Waals surface area contributed by atoms with Gasteiger partial charge in [-0.3, -0.25) is 4.90 Å². The highest BCUT2D eigenvalue weighted by atomic mass is 16.5. The predicted octanol–water partition coefficient (Wildman–Crippen LogP) is 4.10. The van der Waals surface area contributed by atoms with Crippen LogP contribution in [-0.2, 0) is 19.9 Å². The number of para-hydroxylation sites is 2. The lowest BCUT2D eigenvalue weighted by atomic mass is 9.84. The third kappa shape index (κ3) is 6.33. The number of piperazine rings is 1. The summed E-state index contributed by atoms with van der Waals surface area (Å²) < 4.78 is 12.5. The maximum Gasteiger partial charge on any atom is 0.414 e. The molecule has 1 atom stereocenters. The smallest absolute Gasteiger partial charge is 0.414 e. The molecule has 0 aromatic heterocycles. The van der Waals surface area contributed by atoms with Crippen molar-refractivity contribution in [3.05, 3.63) is 96.1 Å². The monoisotopic (exact) mass is 518 g/mol. The molecule has 0 bridgehead atoms. The summed E-state index contributed by atoms with van der Waals surface area (Å²) in [5, 5.41) is 14.8. The second kappa shape index (κ2) is 12.6. The van der Waals surface area contributed by atoms with E-state index in [0.29, 0.717) is 0 Å². The molecule has 3 aromatic carbocycles. The SMILES string of the molecule is COc1ccccc1N1CCN(CC2CCC(c3ccccc3)(c3ccccc3)O2)CC1.O=C(O)C(=O)O. The van der Waals surface area contributed by atoms with Crippen molar-refractivity contribution in [1.29, 1.82) is 0 Å². The van der Waals surface area contributed by atoms with Gasteiger partial charge in [-0.15, -0.1) is 0 Å². The highest BCUT2D eigenvalue weighted by molar-refractivity contribution is 6.27. The highest BCUT2D eigenvalue weighted by Gasteiger charge is 2.43. The topological polar surface area (TPSA) is 99.5 Å². The molecule has 5 rings (SSSR count). The Labute approximate surface area is 223 Å². The van der Waals surface area contributed by atoms with E-state index in [1.54, 1.807) is 7.11 Å². The molecule has 2 N–H and O–H groups in total. The van der Waals surface area contributed by atoms with E-state index in [1.807, 2.05) is 12.1 Å². The number of methoxy groups -OCH3 is 1. The van der Waals surface area contributed by atoms with Crippen molar-refractivity contribution in [3.63, 3.8) is 0 Å². The minimum absolute atomic E-state index is 0.244. The number of carboxylic acid groups (broad SMARTS) is 2. The molecule has 0 saturated carbocycles. The molecular formula is C30H34N2O6. The van der Waals surface area contributed by atoms with Gasteiger partial charge in [0.05, 0.1) is 18.9 Å². The zero-order valence-electron chi connectivity index (χ0n) is 21.5. The van der Waals surface area contributed by atoms with E-state index in [1.165, 1.54) is 16.8 Å². The Balaban J connectivity index is 0.000000505. The van der Waals surface area contributed by atoms with Crippen LogP contribution in [0.1, 0.15) is 24.0 Å². The Hall–Kier alpha value is -3.88. The minimum Gasteiger partial charge on any atom is -0.495 e. The summed E-state index contributed by atoms with van der Waals surface area (Å²) in [6.07, 6.45) is 2.34. The van der Waals surface area contributed by atoms with Crippen molar-refractivity contribution >= 4 is 17.6 Å². The fourth-order valence-electron chi connectivity index (χ4n) is 5.25. The van der Waals surface area contributed by atoms with Gasteiger partial charge in [0.1, 0.15) is 11.4 Å². The Morgan fingerprint density at radius 1 is 0.842 bits per heavy atom. The summed E-state index contributed by atoms with van der Waals surface area (Å²) in [7, 11) is 1.75. The zero-order valence-corrected chi connectivity index (χ0v) is 21.5. The highest BCUT2D eigenvalue weighted by Crippen LogP contribution is 2.45. The number of ether oxygens (including phenoxy) is 2. The number of hydrogen-bond donors (Lipinski definition) is 2. The molecule has 2 heterocycles. The number of nitrogens with zero attached hydrogens (tertiary/aromatic N) is 2. The normalized spacial score (nSPS) is 18.8. The maximum absolute atomic E-state index is 9.10. The molecule has 1 unspecified atom stereocenters. The number of rotatable bonds is 6. The van der Waals surface area contributed by atoms with Gasteiger partial charge in [-0.25, -0.2) is 9.59 Å². The summed E-state index contributed by atoms with van der Waals surface area (Å²) in [5.41, 5.74) is 3.37. The van der Waals surface area contributed by atoms with Crippen LogP contribution < -0.4 is 9.64 Å². The van der Waals surface area contributed by atoms with Crippen LogP contribution in [-0.4, -0.2) is 73.0 Å².